The van der Waals surface area contributed by atoms with Crippen LogP contribution in [0.1, 0.15) is 33.4 Å². The Kier molecular flexibility index (Phi) is 6.83. The number of ether oxygens (including phenoxy) is 1. The molecule has 0 radical (unpaired) electrons. The van der Waals surface area contributed by atoms with Gasteiger partial charge in [-0.1, -0.05) is 18.2 Å². The van der Waals surface area contributed by atoms with Crippen LogP contribution in [0.4, 0.5) is 5.69 Å². The number of rotatable bonds is 7. The summed E-state index contributed by atoms with van der Waals surface area (Å²) >= 11 is 0. The number of furan rings is 1. The van der Waals surface area contributed by atoms with E-state index in [2.05, 4.69) is 5.32 Å². The first-order valence-corrected chi connectivity index (χ1v) is 9.55. The van der Waals surface area contributed by atoms with Crippen molar-refractivity contribution in [1.82, 2.24) is 0 Å². The Morgan fingerprint density at radius 1 is 1.09 bits per heavy atom. The van der Waals surface area contributed by atoms with E-state index in [1.54, 1.807) is 43.3 Å². The van der Waals surface area contributed by atoms with E-state index in [1.165, 1.54) is 30.3 Å². The van der Waals surface area contributed by atoms with Gasteiger partial charge in [0.1, 0.15) is 23.2 Å². The van der Waals surface area contributed by atoms with Gasteiger partial charge in [-0.05, 0) is 49.4 Å². The minimum absolute atomic E-state index is 0.00920. The van der Waals surface area contributed by atoms with Crippen molar-refractivity contribution in [3.8, 4) is 17.4 Å². The summed E-state index contributed by atoms with van der Waals surface area (Å²) in [5, 5.41) is 20.9. The fourth-order valence-electron chi connectivity index (χ4n) is 2.79. The molecule has 1 amide bonds. The molecule has 0 saturated carbocycles. The average Bonchev–Trinajstić information content (AvgIpc) is 3.26. The van der Waals surface area contributed by atoms with Gasteiger partial charge in [0.05, 0.1) is 17.7 Å². The minimum Gasteiger partial charge on any atom is -0.478 e. The summed E-state index contributed by atoms with van der Waals surface area (Å²) in [7, 11) is 0. The van der Waals surface area contributed by atoms with Crippen molar-refractivity contribution in [3.63, 3.8) is 0 Å². The maximum absolute atomic E-state index is 12.4. The van der Waals surface area contributed by atoms with Gasteiger partial charge < -0.3 is 19.6 Å². The van der Waals surface area contributed by atoms with Crippen molar-refractivity contribution < 1.29 is 28.6 Å². The predicted molar refractivity (Wildman–Crippen MR) is 116 cm³/mol. The van der Waals surface area contributed by atoms with E-state index in [9.17, 15) is 19.6 Å². The Balaban J connectivity index is 1.75. The zero-order valence-electron chi connectivity index (χ0n) is 17.0. The molecule has 0 aliphatic rings. The molecule has 1 heterocycles. The SMILES string of the molecule is CCOC(=O)c1ccc(-c2ccc(/C=C(/C#N)C(=O)Nc3cccc(C(=O)O)c3)o2)cc1. The third kappa shape index (κ3) is 5.29. The molecule has 0 atom stereocenters. The summed E-state index contributed by atoms with van der Waals surface area (Å²) in [4.78, 5) is 35.2. The van der Waals surface area contributed by atoms with Crippen molar-refractivity contribution in [2.75, 3.05) is 11.9 Å². The van der Waals surface area contributed by atoms with E-state index < -0.39 is 17.8 Å². The van der Waals surface area contributed by atoms with Gasteiger partial charge in [-0.15, -0.1) is 0 Å². The van der Waals surface area contributed by atoms with Crippen LogP contribution in [0.5, 0.6) is 0 Å². The van der Waals surface area contributed by atoms with Crippen molar-refractivity contribution in [2.45, 2.75) is 6.92 Å². The van der Waals surface area contributed by atoms with E-state index >= 15 is 0 Å². The van der Waals surface area contributed by atoms with Crippen LogP contribution < -0.4 is 5.32 Å². The van der Waals surface area contributed by atoms with Gasteiger partial charge in [-0.3, -0.25) is 4.79 Å². The molecule has 0 bridgehead atoms. The Morgan fingerprint density at radius 3 is 2.50 bits per heavy atom. The molecule has 0 aliphatic heterocycles. The molecule has 3 rings (SSSR count). The summed E-state index contributed by atoms with van der Waals surface area (Å²) in [6.45, 7) is 2.02. The number of aromatic carboxylic acids is 1. The van der Waals surface area contributed by atoms with Gasteiger partial charge >= 0.3 is 11.9 Å². The monoisotopic (exact) mass is 430 g/mol. The Labute approximate surface area is 183 Å². The van der Waals surface area contributed by atoms with E-state index in [4.69, 9.17) is 14.3 Å². The molecule has 32 heavy (non-hydrogen) atoms. The Morgan fingerprint density at radius 2 is 1.84 bits per heavy atom. The lowest BCUT2D eigenvalue weighted by Gasteiger charge is -2.05. The van der Waals surface area contributed by atoms with Gasteiger partial charge in [0, 0.05) is 17.3 Å². The topological polar surface area (TPSA) is 130 Å². The van der Waals surface area contributed by atoms with E-state index in [1.807, 2.05) is 6.07 Å². The molecule has 0 spiro atoms. The zero-order chi connectivity index (χ0) is 23.1. The number of carbonyl (C=O) groups excluding carboxylic acids is 2. The lowest BCUT2D eigenvalue weighted by Crippen LogP contribution is -2.13. The minimum atomic E-state index is -1.13. The second-order valence-corrected chi connectivity index (χ2v) is 6.51. The van der Waals surface area contributed by atoms with Crippen LogP contribution in [-0.4, -0.2) is 29.6 Å². The van der Waals surface area contributed by atoms with E-state index in [0.717, 1.165) is 0 Å². The third-order valence-corrected chi connectivity index (χ3v) is 4.33. The van der Waals surface area contributed by atoms with Crippen LogP contribution in [0, 0.1) is 11.3 Å². The number of benzene rings is 2. The number of esters is 1. The molecule has 2 N–H and O–H groups in total. The summed E-state index contributed by atoms with van der Waals surface area (Å²) < 4.78 is 10.6. The lowest BCUT2D eigenvalue weighted by atomic mass is 10.1. The summed E-state index contributed by atoms with van der Waals surface area (Å²) in [6.07, 6.45) is 1.28. The zero-order valence-corrected chi connectivity index (χ0v) is 17.0. The van der Waals surface area contributed by atoms with E-state index in [0.29, 0.717) is 16.9 Å². The van der Waals surface area contributed by atoms with Crippen molar-refractivity contribution in [3.05, 3.63) is 83.1 Å². The maximum Gasteiger partial charge on any atom is 0.338 e. The highest BCUT2D eigenvalue weighted by molar-refractivity contribution is 6.09. The highest BCUT2D eigenvalue weighted by Crippen LogP contribution is 2.24. The number of anilines is 1. The molecule has 0 unspecified atom stereocenters. The normalized spacial score (nSPS) is 10.8. The van der Waals surface area contributed by atoms with Gasteiger partial charge in [0.25, 0.3) is 5.91 Å². The van der Waals surface area contributed by atoms with Gasteiger partial charge in [-0.2, -0.15) is 5.26 Å². The van der Waals surface area contributed by atoms with Gasteiger partial charge in [0.15, 0.2) is 0 Å². The molecular formula is C24H18N2O6. The largest absolute Gasteiger partial charge is 0.478 e. The van der Waals surface area contributed by atoms with Crippen LogP contribution >= 0.6 is 0 Å². The van der Waals surface area contributed by atoms with Crippen molar-refractivity contribution in [1.29, 1.82) is 5.26 Å². The summed E-state index contributed by atoms with van der Waals surface area (Å²) in [6, 6.07) is 17.4. The lowest BCUT2D eigenvalue weighted by molar-refractivity contribution is -0.112. The highest BCUT2D eigenvalue weighted by Gasteiger charge is 2.13. The third-order valence-electron chi connectivity index (χ3n) is 4.33. The number of carbonyl (C=O) groups is 3. The quantitative estimate of drug-likeness (QED) is 0.323. The van der Waals surface area contributed by atoms with Crippen molar-refractivity contribution in [2.24, 2.45) is 0 Å². The van der Waals surface area contributed by atoms with Crippen molar-refractivity contribution >= 4 is 29.6 Å². The van der Waals surface area contributed by atoms with Gasteiger partial charge in [-0.25, -0.2) is 9.59 Å². The molecule has 8 nitrogen and oxygen atoms in total. The predicted octanol–water partition coefficient (Wildman–Crippen LogP) is 4.37. The number of nitrogens with one attached hydrogen (secondary N) is 1. The van der Waals surface area contributed by atoms with Crippen LogP contribution in [0.15, 0.2) is 70.7 Å². The second kappa shape index (κ2) is 9.91. The number of carboxylic acid groups (broad SMARTS) is 1. The summed E-state index contributed by atoms with van der Waals surface area (Å²) in [5.74, 6) is -1.48. The fourth-order valence-corrected chi connectivity index (χ4v) is 2.79. The molecule has 1 aromatic heterocycles. The van der Waals surface area contributed by atoms with Crippen LogP contribution in [0.2, 0.25) is 0 Å². The first-order valence-electron chi connectivity index (χ1n) is 9.55. The number of nitrogens with zero attached hydrogens (tertiary/aromatic N) is 1. The number of amides is 1. The highest BCUT2D eigenvalue weighted by atomic mass is 16.5. The van der Waals surface area contributed by atoms with Crippen LogP contribution in [-0.2, 0) is 9.53 Å². The molecule has 2 aromatic carbocycles. The molecule has 0 fully saturated rings. The summed E-state index contributed by atoms with van der Waals surface area (Å²) in [5.41, 5.74) is 1.15. The Hall–Kier alpha value is -4.64. The molecule has 8 heteroatoms. The molecule has 0 aliphatic carbocycles. The molecule has 0 saturated heterocycles. The number of hydrogen-bond donors (Lipinski definition) is 2. The standard InChI is InChI=1S/C24H18N2O6/c1-2-31-24(30)16-8-6-15(7-9-16)21-11-10-20(32-21)13-18(14-25)22(27)26-19-5-3-4-17(12-19)23(28)29/h3-13H,2H2,1H3,(H,26,27)(H,28,29)/b18-13-. The van der Waals surface area contributed by atoms with Crippen LogP contribution in [0.3, 0.4) is 0 Å². The first-order chi connectivity index (χ1) is 15.4. The molecule has 3 aromatic rings. The van der Waals surface area contributed by atoms with Crippen LogP contribution in [0.25, 0.3) is 17.4 Å². The average molecular weight is 430 g/mol. The fraction of sp³-hybridized carbons (Fsp3) is 0.0833. The second-order valence-electron chi connectivity index (χ2n) is 6.51. The molecular weight excluding hydrogens is 412 g/mol. The van der Waals surface area contributed by atoms with Gasteiger partial charge in [0.2, 0.25) is 0 Å². The Bertz CT molecular complexity index is 1230. The number of nitriles is 1. The smallest absolute Gasteiger partial charge is 0.338 e. The number of hydrogen-bond acceptors (Lipinski definition) is 6. The maximum atomic E-state index is 12.4. The number of carboxylic acids is 1. The van der Waals surface area contributed by atoms with E-state index in [-0.39, 0.29) is 29.2 Å². The first kappa shape index (κ1) is 22.1. The molecule has 160 valence electrons.